The van der Waals surface area contributed by atoms with E-state index in [1.54, 1.807) is 18.2 Å². The molecule has 0 spiro atoms. The minimum Gasteiger partial charge on any atom is -0.478 e. The smallest absolute Gasteiger partial charge is 0.335 e. The molecule has 2 aromatic carbocycles. The molecule has 1 aliphatic carbocycles. The fourth-order valence-corrected chi connectivity index (χ4v) is 3.30. The van der Waals surface area contributed by atoms with Crippen LogP contribution in [0, 0.1) is 5.92 Å². The largest absolute Gasteiger partial charge is 0.478 e. The summed E-state index contributed by atoms with van der Waals surface area (Å²) in [4.78, 5) is 23.5. The molecule has 6 heteroatoms. The molecule has 5 nitrogen and oxygen atoms in total. The summed E-state index contributed by atoms with van der Waals surface area (Å²) in [5, 5.41) is 12.5. The van der Waals surface area contributed by atoms with Gasteiger partial charge in [-0.2, -0.15) is 0 Å². The standard InChI is InChI=1S/C21H16ClNO4/c22-14-5-1-3-12(9-14)18-7-8-19(27-18)16-11-17(16)20(24)23-15-6-2-4-13(10-15)21(25)26/h1-10,16-17H,11H2,(H,23,24)(H,25,26). The van der Waals surface area contributed by atoms with Gasteiger partial charge in [-0.15, -0.1) is 0 Å². The summed E-state index contributed by atoms with van der Waals surface area (Å²) in [6, 6.07) is 17.4. The fourth-order valence-electron chi connectivity index (χ4n) is 3.11. The number of halogens is 1. The molecule has 0 saturated heterocycles. The molecular formula is C21H16ClNO4. The molecule has 27 heavy (non-hydrogen) atoms. The van der Waals surface area contributed by atoms with Crippen LogP contribution in [0.15, 0.2) is 65.1 Å². The normalized spacial score (nSPS) is 18.1. The zero-order valence-electron chi connectivity index (χ0n) is 14.2. The van der Waals surface area contributed by atoms with Crippen molar-refractivity contribution in [3.05, 3.63) is 77.0 Å². The minimum atomic E-state index is -1.03. The number of amides is 1. The van der Waals surface area contributed by atoms with Crippen molar-refractivity contribution >= 4 is 29.2 Å². The second kappa shape index (κ2) is 6.93. The van der Waals surface area contributed by atoms with Crippen molar-refractivity contribution in [1.82, 2.24) is 0 Å². The summed E-state index contributed by atoms with van der Waals surface area (Å²) < 4.78 is 5.91. The van der Waals surface area contributed by atoms with Crippen molar-refractivity contribution in [1.29, 1.82) is 0 Å². The Hall–Kier alpha value is -3.05. The number of carbonyl (C=O) groups is 2. The molecule has 136 valence electrons. The third kappa shape index (κ3) is 3.73. The van der Waals surface area contributed by atoms with E-state index in [9.17, 15) is 9.59 Å². The van der Waals surface area contributed by atoms with E-state index in [4.69, 9.17) is 21.1 Å². The van der Waals surface area contributed by atoms with Gasteiger partial charge in [-0.3, -0.25) is 4.79 Å². The number of aromatic carboxylic acids is 1. The van der Waals surface area contributed by atoms with Crippen LogP contribution < -0.4 is 5.32 Å². The number of hydrogen-bond donors (Lipinski definition) is 2. The lowest BCUT2D eigenvalue weighted by atomic mass is 10.2. The van der Waals surface area contributed by atoms with Gasteiger partial charge in [-0.1, -0.05) is 29.8 Å². The Morgan fingerprint density at radius 1 is 1.07 bits per heavy atom. The van der Waals surface area contributed by atoms with Crippen LogP contribution >= 0.6 is 11.6 Å². The van der Waals surface area contributed by atoms with Gasteiger partial charge >= 0.3 is 5.97 Å². The zero-order chi connectivity index (χ0) is 19.0. The van der Waals surface area contributed by atoms with Gasteiger partial charge in [0.15, 0.2) is 0 Å². The summed E-state index contributed by atoms with van der Waals surface area (Å²) in [5.74, 6) is 0.164. The molecule has 1 heterocycles. The average molecular weight is 382 g/mol. The number of carbonyl (C=O) groups excluding carboxylic acids is 1. The summed E-state index contributed by atoms with van der Waals surface area (Å²) in [6.45, 7) is 0. The predicted octanol–water partition coefficient (Wildman–Crippen LogP) is 5.04. The molecule has 3 aromatic rings. The molecule has 1 amide bonds. The maximum Gasteiger partial charge on any atom is 0.335 e. The lowest BCUT2D eigenvalue weighted by Crippen LogP contribution is -2.14. The number of carboxylic acids is 1. The van der Waals surface area contributed by atoms with Crippen molar-refractivity contribution in [2.45, 2.75) is 12.3 Å². The van der Waals surface area contributed by atoms with Crippen molar-refractivity contribution in [3.8, 4) is 11.3 Å². The van der Waals surface area contributed by atoms with Gasteiger partial charge < -0.3 is 14.8 Å². The van der Waals surface area contributed by atoms with Crippen LogP contribution in [0.3, 0.4) is 0 Å². The highest BCUT2D eigenvalue weighted by atomic mass is 35.5. The van der Waals surface area contributed by atoms with Gasteiger partial charge in [-0.05, 0) is 48.9 Å². The minimum absolute atomic E-state index is 0.0283. The van der Waals surface area contributed by atoms with Gasteiger partial charge in [-0.25, -0.2) is 4.79 Å². The Bertz CT molecular complexity index is 1030. The monoisotopic (exact) mass is 381 g/mol. The Morgan fingerprint density at radius 2 is 1.89 bits per heavy atom. The maximum absolute atomic E-state index is 12.4. The molecule has 0 aliphatic heterocycles. The number of carboxylic acid groups (broad SMARTS) is 1. The second-order valence-electron chi connectivity index (χ2n) is 6.54. The van der Waals surface area contributed by atoms with Gasteiger partial charge in [0.05, 0.1) is 5.56 Å². The molecule has 1 fully saturated rings. The van der Waals surface area contributed by atoms with Crippen molar-refractivity contribution in [2.75, 3.05) is 5.32 Å². The number of rotatable bonds is 5. The fraction of sp³-hybridized carbons (Fsp3) is 0.143. The molecule has 2 atom stereocenters. The molecule has 2 N–H and O–H groups in total. The molecule has 1 saturated carbocycles. The first-order chi connectivity index (χ1) is 13.0. The van der Waals surface area contributed by atoms with E-state index < -0.39 is 5.97 Å². The predicted molar refractivity (Wildman–Crippen MR) is 102 cm³/mol. The van der Waals surface area contributed by atoms with Gasteiger partial charge in [0.25, 0.3) is 0 Å². The molecular weight excluding hydrogens is 366 g/mol. The van der Waals surface area contributed by atoms with E-state index in [0.717, 1.165) is 11.3 Å². The number of nitrogens with one attached hydrogen (secondary N) is 1. The highest BCUT2D eigenvalue weighted by Gasteiger charge is 2.46. The highest BCUT2D eigenvalue weighted by molar-refractivity contribution is 6.30. The third-order valence-electron chi connectivity index (χ3n) is 4.61. The number of hydrogen-bond acceptors (Lipinski definition) is 3. The topological polar surface area (TPSA) is 79.5 Å². The average Bonchev–Trinajstić information content (AvgIpc) is 3.31. The van der Waals surface area contributed by atoms with E-state index in [-0.39, 0.29) is 23.3 Å². The molecule has 4 rings (SSSR count). The van der Waals surface area contributed by atoms with Crippen LogP contribution in [-0.4, -0.2) is 17.0 Å². The quantitative estimate of drug-likeness (QED) is 0.648. The van der Waals surface area contributed by atoms with Gasteiger partial charge in [0.1, 0.15) is 11.5 Å². The lowest BCUT2D eigenvalue weighted by Gasteiger charge is -2.05. The molecule has 1 aliphatic rings. The van der Waals surface area contributed by atoms with Crippen molar-refractivity contribution in [3.63, 3.8) is 0 Å². The molecule has 0 bridgehead atoms. The number of benzene rings is 2. The summed E-state index contributed by atoms with van der Waals surface area (Å²) in [7, 11) is 0. The molecule has 0 radical (unpaired) electrons. The van der Waals surface area contributed by atoms with Crippen LogP contribution in [0.1, 0.15) is 28.5 Å². The highest BCUT2D eigenvalue weighted by Crippen LogP contribution is 2.49. The lowest BCUT2D eigenvalue weighted by molar-refractivity contribution is -0.117. The summed E-state index contributed by atoms with van der Waals surface area (Å²) >= 11 is 6.02. The van der Waals surface area contributed by atoms with Crippen molar-refractivity contribution < 1.29 is 19.1 Å². The first-order valence-corrected chi connectivity index (χ1v) is 8.89. The Balaban J connectivity index is 1.43. The first-order valence-electron chi connectivity index (χ1n) is 8.51. The van der Waals surface area contributed by atoms with E-state index in [1.165, 1.54) is 12.1 Å². The Morgan fingerprint density at radius 3 is 2.67 bits per heavy atom. The molecule has 2 unspecified atom stereocenters. The van der Waals surface area contributed by atoms with Gasteiger partial charge in [0.2, 0.25) is 5.91 Å². The Labute approximate surface area is 160 Å². The zero-order valence-corrected chi connectivity index (χ0v) is 14.9. The van der Waals surface area contributed by atoms with E-state index in [1.807, 2.05) is 30.3 Å². The first kappa shape index (κ1) is 17.4. The molecule has 1 aromatic heterocycles. The number of anilines is 1. The summed E-state index contributed by atoms with van der Waals surface area (Å²) in [5.41, 5.74) is 1.50. The van der Waals surface area contributed by atoms with Crippen molar-refractivity contribution in [2.24, 2.45) is 5.92 Å². The SMILES string of the molecule is O=C(O)c1cccc(NC(=O)C2CC2c2ccc(-c3cccc(Cl)c3)o2)c1. The van der Waals surface area contributed by atoms with Crippen LogP contribution in [0.2, 0.25) is 5.02 Å². The van der Waals surface area contributed by atoms with Crippen LogP contribution in [0.25, 0.3) is 11.3 Å². The van der Waals surface area contributed by atoms with Crippen LogP contribution in [-0.2, 0) is 4.79 Å². The third-order valence-corrected chi connectivity index (χ3v) is 4.84. The number of furan rings is 1. The maximum atomic E-state index is 12.4. The van der Waals surface area contributed by atoms with Gasteiger partial charge in [0, 0.05) is 28.1 Å². The van der Waals surface area contributed by atoms with Crippen LogP contribution in [0.5, 0.6) is 0 Å². The van der Waals surface area contributed by atoms with Crippen LogP contribution in [0.4, 0.5) is 5.69 Å². The van der Waals surface area contributed by atoms with E-state index >= 15 is 0 Å². The van der Waals surface area contributed by atoms with E-state index in [2.05, 4.69) is 5.32 Å². The summed E-state index contributed by atoms with van der Waals surface area (Å²) in [6.07, 6.45) is 0.701. The second-order valence-corrected chi connectivity index (χ2v) is 6.97. The Kier molecular flexibility index (Phi) is 4.46. The van der Waals surface area contributed by atoms with E-state index in [0.29, 0.717) is 22.9 Å².